The van der Waals surface area contributed by atoms with Gasteiger partial charge in [-0.15, -0.1) is 0 Å². The van der Waals surface area contributed by atoms with Crippen LogP contribution in [0.25, 0.3) is 11.1 Å². The normalized spacial score (nSPS) is 23.4. The van der Waals surface area contributed by atoms with Gasteiger partial charge in [0.25, 0.3) is 0 Å². The molecule has 1 N–H and O–H groups in total. The Labute approximate surface area is 163 Å². The lowest BCUT2D eigenvalue weighted by Gasteiger charge is -2.41. The van der Waals surface area contributed by atoms with E-state index in [4.69, 9.17) is 0 Å². The molecule has 0 aliphatic carbocycles. The summed E-state index contributed by atoms with van der Waals surface area (Å²) in [4.78, 5) is 5.62. The van der Waals surface area contributed by atoms with Crippen molar-refractivity contribution >= 4 is 6.21 Å². The van der Waals surface area contributed by atoms with Crippen LogP contribution in [0.2, 0.25) is 0 Å². The van der Waals surface area contributed by atoms with Crippen molar-refractivity contribution in [2.45, 2.75) is 32.5 Å². The number of likely N-dealkylation sites (tertiary alicyclic amines) is 1. The maximum absolute atomic E-state index is 14.8. The van der Waals surface area contributed by atoms with E-state index in [2.05, 4.69) is 4.99 Å². The predicted octanol–water partition coefficient (Wildman–Crippen LogP) is 4.98. The Kier molecular flexibility index (Phi) is 6.08. The van der Waals surface area contributed by atoms with Crippen molar-refractivity contribution in [3.63, 3.8) is 0 Å². The highest BCUT2D eigenvalue weighted by molar-refractivity contribution is 5.71. The number of aliphatic imine (C=N–C) groups is 1. The van der Waals surface area contributed by atoms with Gasteiger partial charge in [0.1, 0.15) is 12.0 Å². The van der Waals surface area contributed by atoms with Crippen LogP contribution >= 0.6 is 0 Å². The first-order valence-corrected chi connectivity index (χ1v) is 9.38. The summed E-state index contributed by atoms with van der Waals surface area (Å²) in [6, 6.07) is 9.73. The summed E-state index contributed by atoms with van der Waals surface area (Å²) in [5, 5.41) is 10.3. The molecule has 0 radical (unpaired) electrons. The summed E-state index contributed by atoms with van der Waals surface area (Å²) in [6.45, 7) is 2.40. The van der Waals surface area contributed by atoms with E-state index in [0.29, 0.717) is 24.9 Å². The standard InChI is InChI=1S/C22H25F3N2O/c1-22(8-10-26-2)9-11-27(14-19(22)24)13-17-18(23)12-16(21(28)20(17)25)15-6-4-3-5-7-15/h3-7,10,12,19,28H,8-9,11,13-14H2,1-2H3. The van der Waals surface area contributed by atoms with Gasteiger partial charge in [-0.2, -0.15) is 0 Å². The molecule has 1 fully saturated rings. The third kappa shape index (κ3) is 4.07. The lowest BCUT2D eigenvalue weighted by atomic mass is 9.76. The number of alkyl halides is 1. The van der Waals surface area contributed by atoms with Crippen molar-refractivity contribution in [3.8, 4) is 16.9 Å². The van der Waals surface area contributed by atoms with E-state index in [9.17, 15) is 18.3 Å². The van der Waals surface area contributed by atoms with E-state index >= 15 is 0 Å². The van der Waals surface area contributed by atoms with Crippen LogP contribution in [0.4, 0.5) is 13.2 Å². The molecular weight excluding hydrogens is 365 g/mol. The maximum Gasteiger partial charge on any atom is 0.172 e. The molecule has 3 nitrogen and oxygen atoms in total. The van der Waals surface area contributed by atoms with Gasteiger partial charge in [0, 0.05) is 36.7 Å². The highest BCUT2D eigenvalue weighted by atomic mass is 19.1. The molecule has 2 atom stereocenters. The van der Waals surface area contributed by atoms with Gasteiger partial charge < -0.3 is 10.1 Å². The van der Waals surface area contributed by atoms with E-state index in [0.717, 1.165) is 6.07 Å². The molecule has 1 aliphatic heterocycles. The van der Waals surface area contributed by atoms with Crippen LogP contribution in [-0.4, -0.2) is 42.5 Å². The van der Waals surface area contributed by atoms with Crippen molar-refractivity contribution in [1.29, 1.82) is 0 Å². The van der Waals surface area contributed by atoms with Crippen LogP contribution in [-0.2, 0) is 6.54 Å². The Hall–Kier alpha value is -2.34. The Morgan fingerprint density at radius 2 is 2.00 bits per heavy atom. The van der Waals surface area contributed by atoms with E-state index < -0.39 is 29.0 Å². The van der Waals surface area contributed by atoms with Crippen molar-refractivity contribution in [2.24, 2.45) is 10.4 Å². The molecular formula is C22H25F3N2O. The zero-order valence-corrected chi connectivity index (χ0v) is 16.1. The maximum atomic E-state index is 14.8. The summed E-state index contributed by atoms with van der Waals surface area (Å²) >= 11 is 0. The minimum atomic E-state index is -1.12. The van der Waals surface area contributed by atoms with E-state index in [1.165, 1.54) is 0 Å². The van der Waals surface area contributed by atoms with Crippen molar-refractivity contribution in [2.75, 3.05) is 20.1 Å². The van der Waals surface area contributed by atoms with Gasteiger partial charge in [-0.3, -0.25) is 4.90 Å². The van der Waals surface area contributed by atoms with E-state index in [-0.39, 0.29) is 24.2 Å². The van der Waals surface area contributed by atoms with Gasteiger partial charge >= 0.3 is 0 Å². The van der Waals surface area contributed by atoms with Gasteiger partial charge in [0.2, 0.25) is 0 Å². The Bertz CT molecular complexity index is 857. The largest absolute Gasteiger partial charge is 0.504 e. The number of aromatic hydroxyl groups is 1. The molecule has 3 rings (SSSR count). The van der Waals surface area contributed by atoms with Crippen molar-refractivity contribution in [3.05, 3.63) is 53.6 Å². The number of piperidine rings is 1. The third-order valence-corrected chi connectivity index (χ3v) is 5.67. The lowest BCUT2D eigenvalue weighted by molar-refractivity contribution is 0.0200. The summed E-state index contributed by atoms with van der Waals surface area (Å²) in [5.41, 5.74) is -0.123. The number of phenols is 1. The second-order valence-electron chi connectivity index (χ2n) is 7.66. The second-order valence-corrected chi connectivity index (χ2v) is 7.66. The molecule has 0 spiro atoms. The zero-order chi connectivity index (χ0) is 20.3. The van der Waals surface area contributed by atoms with Crippen molar-refractivity contribution < 1.29 is 18.3 Å². The quantitative estimate of drug-likeness (QED) is 0.731. The number of hydrogen-bond acceptors (Lipinski definition) is 3. The molecule has 2 aromatic rings. The second kappa shape index (κ2) is 8.35. The minimum absolute atomic E-state index is 0.0847. The number of nitrogens with zero attached hydrogens (tertiary/aromatic N) is 2. The zero-order valence-electron chi connectivity index (χ0n) is 16.1. The Morgan fingerprint density at radius 3 is 2.64 bits per heavy atom. The number of benzene rings is 2. The van der Waals surface area contributed by atoms with Gasteiger partial charge in [-0.25, -0.2) is 13.2 Å². The average Bonchev–Trinajstić information content (AvgIpc) is 2.70. The topological polar surface area (TPSA) is 35.8 Å². The van der Waals surface area contributed by atoms with Gasteiger partial charge in [-0.05, 0) is 37.2 Å². The van der Waals surface area contributed by atoms with Gasteiger partial charge in [0.05, 0.1) is 0 Å². The number of halogens is 3. The summed E-state index contributed by atoms with van der Waals surface area (Å²) in [6.07, 6.45) is 1.69. The molecule has 1 heterocycles. The van der Waals surface area contributed by atoms with Crippen LogP contribution in [0, 0.1) is 17.0 Å². The molecule has 0 bridgehead atoms. The SMILES string of the molecule is CN=CCC1(C)CCN(Cc2c(F)cc(-c3ccccc3)c(O)c2F)CC1F. The minimum Gasteiger partial charge on any atom is -0.504 e. The molecule has 150 valence electrons. The molecule has 0 saturated carbocycles. The van der Waals surface area contributed by atoms with Gasteiger partial charge in [-0.1, -0.05) is 37.3 Å². The fourth-order valence-corrected chi connectivity index (χ4v) is 3.64. The van der Waals surface area contributed by atoms with E-state index in [1.54, 1.807) is 48.5 Å². The molecule has 1 aliphatic rings. The summed E-state index contributed by atoms with van der Waals surface area (Å²) in [5.74, 6) is -2.31. The molecule has 1 saturated heterocycles. The number of rotatable bonds is 5. The predicted molar refractivity (Wildman–Crippen MR) is 105 cm³/mol. The van der Waals surface area contributed by atoms with Gasteiger partial charge in [0.15, 0.2) is 11.6 Å². The van der Waals surface area contributed by atoms with Crippen molar-refractivity contribution in [1.82, 2.24) is 4.90 Å². The van der Waals surface area contributed by atoms with E-state index in [1.807, 2.05) is 6.92 Å². The molecule has 0 amide bonds. The molecule has 0 aromatic heterocycles. The fraction of sp³-hybridized carbons (Fsp3) is 0.409. The first kappa shape index (κ1) is 20.4. The Balaban J connectivity index is 1.80. The fourth-order valence-electron chi connectivity index (χ4n) is 3.64. The first-order chi connectivity index (χ1) is 13.4. The highest BCUT2D eigenvalue weighted by Gasteiger charge is 2.39. The summed E-state index contributed by atoms with van der Waals surface area (Å²) < 4.78 is 44.1. The smallest absolute Gasteiger partial charge is 0.172 e. The summed E-state index contributed by atoms with van der Waals surface area (Å²) in [7, 11) is 1.66. The Morgan fingerprint density at radius 1 is 1.29 bits per heavy atom. The van der Waals surface area contributed by atoms with Crippen LogP contribution < -0.4 is 0 Å². The van der Waals surface area contributed by atoms with Crippen LogP contribution in [0.5, 0.6) is 5.75 Å². The molecule has 2 unspecified atom stereocenters. The first-order valence-electron chi connectivity index (χ1n) is 9.38. The van der Waals surface area contributed by atoms with Crippen LogP contribution in [0.15, 0.2) is 41.4 Å². The molecule has 2 aromatic carbocycles. The van der Waals surface area contributed by atoms with Crippen LogP contribution in [0.3, 0.4) is 0 Å². The number of phenolic OH excluding ortho intramolecular Hbond substituents is 1. The molecule has 6 heteroatoms. The molecule has 28 heavy (non-hydrogen) atoms. The monoisotopic (exact) mass is 390 g/mol. The van der Waals surface area contributed by atoms with Crippen LogP contribution in [0.1, 0.15) is 25.3 Å². The highest BCUT2D eigenvalue weighted by Crippen LogP contribution is 2.38. The average molecular weight is 390 g/mol. The third-order valence-electron chi connectivity index (χ3n) is 5.67. The number of hydrogen-bond donors (Lipinski definition) is 1. The lowest BCUT2D eigenvalue weighted by Crippen LogP contribution is -2.47.